The largest absolute Gasteiger partial charge is 0 e. The van der Waals surface area contributed by atoms with E-state index in [-0.39, 0.29) is 79.6 Å². The fourth-order valence-corrected chi connectivity index (χ4v) is 0. The van der Waals surface area contributed by atoms with Crippen LogP contribution in [0.25, 0.3) is 0 Å². The Kier molecular flexibility index (Phi) is 218. The molecule has 0 fully saturated rings. The Bertz CT molecular complexity index is 11.5. The second-order valence-electron chi connectivity index (χ2n) is 0. The fourth-order valence-electron chi connectivity index (χ4n) is 0. The number of rotatable bonds is 0. The summed E-state index contributed by atoms with van der Waals surface area (Å²) in [6.07, 6.45) is 0. The molecule has 0 aromatic heterocycles. The summed E-state index contributed by atoms with van der Waals surface area (Å²) < 4.78 is 0. The zero-order valence-electron chi connectivity index (χ0n) is 1.74. The molecule has 6 heavy (non-hydrogen) atoms. The van der Waals surface area contributed by atoms with Crippen molar-refractivity contribution in [2.24, 2.45) is 0 Å². The van der Waals surface area contributed by atoms with Crippen LogP contribution in [0.2, 0.25) is 0 Å². The molecule has 0 aliphatic carbocycles. The first-order chi connectivity index (χ1) is 1.00. The molecule has 1 radical (unpaired) electrons. The Labute approximate surface area is 106 Å². The molecule has 0 aliphatic rings. The van der Waals surface area contributed by atoms with Gasteiger partial charge in [-0.15, -0.1) is 0 Å². The summed E-state index contributed by atoms with van der Waals surface area (Å²) in [5, 5.41) is 0. The summed E-state index contributed by atoms with van der Waals surface area (Å²) in [6.45, 7) is 0. The molecule has 0 unspecified atom stereocenters. The van der Waals surface area contributed by atoms with Crippen LogP contribution in [-0.2, 0) is 78.4 Å². The van der Waals surface area contributed by atoms with Gasteiger partial charge in [-0.05, 0) is 0 Å². The molecule has 0 atom stereocenters. The molecule has 0 saturated carbocycles. The van der Waals surface area contributed by atoms with Gasteiger partial charge in [0.25, 0.3) is 0 Å². The molecule has 0 rings (SSSR count). The molecule has 0 aromatic carbocycles. The van der Waals surface area contributed by atoms with Crippen LogP contribution in [0.15, 0.2) is 0 Å². The minimum Gasteiger partial charge on any atom is 0 e. The molecule has 0 aromatic rings. The maximum absolute atomic E-state index is 3.06. The Morgan fingerprint density at radius 3 is 1.00 bits per heavy atom. The normalized spacial score (nSPS) is 1.00. The number of hydrogen-bond donors (Lipinski definition) is 0. The van der Waals surface area contributed by atoms with Crippen LogP contribution in [0.3, 0.4) is 0 Å². The first-order valence-electron chi connectivity index (χ1n) is 0.134. The van der Waals surface area contributed by atoms with Gasteiger partial charge in [0, 0.05) is 50.1 Å². The molecule has 6 heteroatoms. The van der Waals surface area contributed by atoms with Gasteiger partial charge in [0.05, 0.1) is 0 Å². The third-order valence-corrected chi connectivity index (χ3v) is 0. The molecule has 0 nitrogen and oxygen atoms in total. The first kappa shape index (κ1) is 33.7. The molecule has 44 valence electrons. The minimum absolute atomic E-state index is 0. The molecule has 0 spiro atoms. The van der Waals surface area contributed by atoms with E-state index < -0.39 is 0 Å². The van der Waals surface area contributed by atoms with Crippen molar-refractivity contribution in [1.82, 2.24) is 0 Å². The van der Waals surface area contributed by atoms with E-state index in [4.69, 9.17) is 0 Å². The topological polar surface area (TPSA) is 0 Å². The van der Waals surface area contributed by atoms with Gasteiger partial charge < -0.3 is 0 Å². The predicted molar refractivity (Wildman–Crippen MR) is 7.15 cm³/mol. The quantitative estimate of drug-likeness (QED) is 0.521. The van der Waals surface area contributed by atoms with Crippen molar-refractivity contribution < 1.29 is 78.4 Å². The molecular weight excluding hydrogens is 306 g/mol. The zero-order chi connectivity index (χ0) is 2.00. The minimum atomic E-state index is 0. The van der Waals surface area contributed by atoms with Crippen LogP contribution < -0.4 is 0 Å². The van der Waals surface area contributed by atoms with Gasteiger partial charge in [0.2, 0.25) is 0 Å². The van der Waals surface area contributed by atoms with Gasteiger partial charge >= 0.3 is 57.9 Å². The van der Waals surface area contributed by atoms with E-state index in [1.54, 1.807) is 0 Å². The van der Waals surface area contributed by atoms with Gasteiger partial charge in [-0.3, -0.25) is 0 Å². The van der Waals surface area contributed by atoms with Crippen molar-refractivity contribution in [3.8, 4) is 0 Å². The molecule has 0 bridgehead atoms. The monoisotopic (exact) mass is 306 g/mol. The molecule has 0 heterocycles. The Morgan fingerprint density at radius 2 is 1.00 bits per heavy atom. The van der Waals surface area contributed by atoms with Gasteiger partial charge in [-0.2, -0.15) is 0 Å². The molecule has 0 aliphatic heterocycles. The smallest absolute Gasteiger partial charge is 0 e. The zero-order valence-corrected chi connectivity index (χ0v) is 7.18. The van der Waals surface area contributed by atoms with Crippen LogP contribution >= 0.6 is 0 Å². The molecular formula is HFeMn2NaNi2. The van der Waals surface area contributed by atoms with Crippen molar-refractivity contribution in [2.45, 2.75) is 0 Å². The maximum Gasteiger partial charge on any atom is 0 e. The van der Waals surface area contributed by atoms with E-state index in [0.717, 1.165) is 0 Å². The third-order valence-electron chi connectivity index (χ3n) is 0. The van der Waals surface area contributed by atoms with Crippen LogP contribution in [0.4, 0.5) is 0 Å². The fraction of sp³-hybridized carbons (Fsp3) is 0. The SMILES string of the molecule is [Mn].[Mn][Fe].[NaH].[Ni].[Ni]. The average molecular weight is 307 g/mol. The second kappa shape index (κ2) is 38.7. The van der Waals surface area contributed by atoms with Gasteiger partial charge in [-0.25, -0.2) is 0 Å². The van der Waals surface area contributed by atoms with Crippen molar-refractivity contribution in [2.75, 3.05) is 0 Å². The van der Waals surface area contributed by atoms with Crippen LogP contribution in [0.5, 0.6) is 0 Å². The van der Waals surface area contributed by atoms with Gasteiger partial charge in [-0.1, -0.05) is 0 Å². The predicted octanol–water partition coefficient (Wildman–Crippen LogP) is -0.661. The molecule has 0 saturated heterocycles. The Hall–Kier alpha value is 3.55. The van der Waals surface area contributed by atoms with Gasteiger partial charge in [0.15, 0.2) is 0 Å². The van der Waals surface area contributed by atoms with E-state index in [2.05, 4.69) is 28.4 Å². The Morgan fingerprint density at radius 1 is 1.00 bits per heavy atom. The van der Waals surface area contributed by atoms with Crippen LogP contribution in [-0.4, -0.2) is 29.6 Å². The summed E-state index contributed by atoms with van der Waals surface area (Å²) in [7, 11) is 0. The summed E-state index contributed by atoms with van der Waals surface area (Å²) in [5.41, 5.74) is 0. The second-order valence-corrected chi connectivity index (χ2v) is 0. The standard InChI is InChI=1S/Fe.2Mn.Na.2Ni.H. The van der Waals surface area contributed by atoms with Crippen molar-refractivity contribution in [3.63, 3.8) is 0 Å². The summed E-state index contributed by atoms with van der Waals surface area (Å²) in [5.74, 6) is 0. The van der Waals surface area contributed by atoms with Gasteiger partial charge in [0.1, 0.15) is 0 Å². The maximum atomic E-state index is 3.06. The van der Waals surface area contributed by atoms with E-state index in [9.17, 15) is 0 Å². The number of hydrogen-bond acceptors (Lipinski definition) is 0. The summed E-state index contributed by atoms with van der Waals surface area (Å²) >= 11 is 5.75. The van der Waals surface area contributed by atoms with E-state index in [1.807, 2.05) is 0 Å². The molecule has 0 N–H and O–H groups in total. The van der Waals surface area contributed by atoms with Crippen molar-refractivity contribution in [3.05, 3.63) is 0 Å². The summed E-state index contributed by atoms with van der Waals surface area (Å²) in [4.78, 5) is 0. The van der Waals surface area contributed by atoms with Crippen molar-refractivity contribution in [1.29, 1.82) is 0 Å². The molecule has 0 amide bonds. The van der Waals surface area contributed by atoms with E-state index in [1.165, 1.54) is 0 Å². The third kappa shape index (κ3) is 25.7. The van der Waals surface area contributed by atoms with E-state index in [0.29, 0.717) is 0 Å². The summed E-state index contributed by atoms with van der Waals surface area (Å²) in [6, 6.07) is 0. The van der Waals surface area contributed by atoms with Crippen LogP contribution in [0.1, 0.15) is 0 Å². The van der Waals surface area contributed by atoms with Crippen LogP contribution in [0, 0.1) is 0 Å². The average Bonchev–Trinajstić information content (AvgIpc) is 1.00. The first-order valence-corrected chi connectivity index (χ1v) is 2.27. The Balaban J connectivity index is -0.000000000833. The van der Waals surface area contributed by atoms with Crippen molar-refractivity contribution >= 4 is 29.6 Å². The van der Waals surface area contributed by atoms with E-state index >= 15 is 0 Å².